The van der Waals surface area contributed by atoms with Gasteiger partial charge in [0.05, 0.1) is 6.61 Å². The molecular formula is C16H34N2O. The second kappa shape index (κ2) is 7.61. The quantitative estimate of drug-likeness (QED) is 0.754. The number of hydrogen-bond donors (Lipinski definition) is 1. The number of ether oxygens (including phenoxy) is 1. The van der Waals surface area contributed by atoms with Crippen LogP contribution in [-0.4, -0.2) is 44.3 Å². The summed E-state index contributed by atoms with van der Waals surface area (Å²) < 4.78 is 5.49. The van der Waals surface area contributed by atoms with E-state index < -0.39 is 0 Å². The maximum absolute atomic E-state index is 5.98. The van der Waals surface area contributed by atoms with Crippen molar-refractivity contribution in [3.05, 3.63) is 0 Å². The van der Waals surface area contributed by atoms with Crippen molar-refractivity contribution in [3.8, 4) is 0 Å². The van der Waals surface area contributed by atoms with Gasteiger partial charge in [0.25, 0.3) is 0 Å². The van der Waals surface area contributed by atoms with Gasteiger partial charge < -0.3 is 15.4 Å². The molecule has 3 atom stereocenters. The third kappa shape index (κ3) is 5.05. The highest BCUT2D eigenvalue weighted by Crippen LogP contribution is 2.41. The van der Waals surface area contributed by atoms with Crippen LogP contribution in [0.3, 0.4) is 0 Å². The number of rotatable bonds is 6. The molecule has 2 N–H and O–H groups in total. The lowest BCUT2D eigenvalue weighted by atomic mass is 9.67. The molecule has 3 unspecified atom stereocenters. The number of likely N-dealkylation sites (N-methyl/N-ethyl adjacent to an activating group) is 1. The van der Waals surface area contributed by atoms with Crippen LogP contribution in [0.4, 0.5) is 0 Å². The number of hydrogen-bond acceptors (Lipinski definition) is 3. The number of nitrogens with zero attached hydrogens (tertiary/aromatic N) is 1. The van der Waals surface area contributed by atoms with Crippen molar-refractivity contribution in [2.75, 3.05) is 33.4 Å². The summed E-state index contributed by atoms with van der Waals surface area (Å²) in [6.45, 7) is 12.7. The average Bonchev–Trinajstić information content (AvgIpc) is 2.37. The third-order valence-corrected chi connectivity index (χ3v) is 4.84. The zero-order valence-electron chi connectivity index (χ0n) is 13.6. The highest BCUT2D eigenvalue weighted by atomic mass is 16.5. The lowest BCUT2D eigenvalue weighted by Crippen LogP contribution is -2.47. The molecule has 1 saturated carbocycles. The van der Waals surface area contributed by atoms with Gasteiger partial charge in [-0.15, -0.1) is 0 Å². The van der Waals surface area contributed by atoms with Gasteiger partial charge in [0.2, 0.25) is 0 Å². The topological polar surface area (TPSA) is 38.5 Å². The van der Waals surface area contributed by atoms with Gasteiger partial charge in [-0.3, -0.25) is 0 Å². The molecule has 114 valence electrons. The maximum atomic E-state index is 5.98. The van der Waals surface area contributed by atoms with Crippen LogP contribution < -0.4 is 5.73 Å². The molecule has 1 rings (SSSR count). The van der Waals surface area contributed by atoms with E-state index in [1.54, 1.807) is 0 Å². The van der Waals surface area contributed by atoms with Crippen molar-refractivity contribution in [2.24, 2.45) is 23.0 Å². The van der Waals surface area contributed by atoms with Crippen molar-refractivity contribution in [1.82, 2.24) is 4.90 Å². The van der Waals surface area contributed by atoms with Crippen LogP contribution in [0.5, 0.6) is 0 Å². The van der Waals surface area contributed by atoms with E-state index in [0.717, 1.165) is 32.2 Å². The molecule has 1 aliphatic rings. The normalized spacial score (nSPS) is 28.9. The minimum Gasteiger partial charge on any atom is -0.380 e. The third-order valence-electron chi connectivity index (χ3n) is 4.84. The lowest BCUT2D eigenvalue weighted by molar-refractivity contribution is 0.0393. The monoisotopic (exact) mass is 270 g/mol. The maximum Gasteiger partial charge on any atom is 0.0593 e. The molecule has 1 aliphatic carbocycles. The van der Waals surface area contributed by atoms with Gasteiger partial charge in [-0.25, -0.2) is 0 Å². The molecule has 1 fully saturated rings. The molecule has 3 heteroatoms. The van der Waals surface area contributed by atoms with E-state index in [4.69, 9.17) is 10.5 Å². The summed E-state index contributed by atoms with van der Waals surface area (Å²) >= 11 is 0. The van der Waals surface area contributed by atoms with E-state index in [2.05, 4.69) is 39.6 Å². The van der Waals surface area contributed by atoms with Gasteiger partial charge in [0.1, 0.15) is 0 Å². The molecule has 0 saturated heterocycles. The first-order chi connectivity index (χ1) is 8.90. The Balaban J connectivity index is 2.58. The molecule has 0 aromatic heterocycles. The van der Waals surface area contributed by atoms with E-state index in [9.17, 15) is 0 Å². The molecule has 0 aromatic carbocycles. The van der Waals surface area contributed by atoms with Crippen LogP contribution in [0.1, 0.15) is 47.0 Å². The van der Waals surface area contributed by atoms with Crippen LogP contribution in [0.25, 0.3) is 0 Å². The summed E-state index contributed by atoms with van der Waals surface area (Å²) in [5.41, 5.74) is 6.40. The first-order valence-corrected chi connectivity index (χ1v) is 7.88. The molecule has 19 heavy (non-hydrogen) atoms. The Morgan fingerprint density at radius 2 is 1.95 bits per heavy atom. The van der Waals surface area contributed by atoms with Crippen molar-refractivity contribution >= 4 is 0 Å². The van der Waals surface area contributed by atoms with Crippen LogP contribution in [0.15, 0.2) is 0 Å². The molecule has 0 amide bonds. The molecule has 0 aromatic rings. The first kappa shape index (κ1) is 16.9. The van der Waals surface area contributed by atoms with Gasteiger partial charge in [-0.2, -0.15) is 0 Å². The summed E-state index contributed by atoms with van der Waals surface area (Å²) in [7, 11) is 2.23. The predicted octanol–water partition coefficient (Wildman–Crippen LogP) is 2.74. The zero-order valence-corrected chi connectivity index (χ0v) is 13.6. The highest BCUT2D eigenvalue weighted by Gasteiger charge is 2.36. The molecular weight excluding hydrogens is 236 g/mol. The van der Waals surface area contributed by atoms with Crippen molar-refractivity contribution in [2.45, 2.75) is 53.0 Å². The van der Waals surface area contributed by atoms with E-state index in [-0.39, 0.29) is 0 Å². The van der Waals surface area contributed by atoms with E-state index in [0.29, 0.717) is 17.4 Å². The minimum absolute atomic E-state index is 0.415. The largest absolute Gasteiger partial charge is 0.380 e. The molecule has 0 heterocycles. The highest BCUT2D eigenvalue weighted by molar-refractivity contribution is 4.90. The second-order valence-electron chi connectivity index (χ2n) is 7.12. The Bertz CT molecular complexity index is 250. The smallest absolute Gasteiger partial charge is 0.0593 e. The van der Waals surface area contributed by atoms with Gasteiger partial charge in [0.15, 0.2) is 0 Å². The standard InChI is InChI=1S/C16H34N2O/c1-6-19-10-9-18(5)15-11-14(16(2,3)4)8-7-13(15)12-17/h13-15H,6-12,17H2,1-5H3. The van der Waals surface area contributed by atoms with Crippen LogP contribution in [0, 0.1) is 17.3 Å². The summed E-state index contributed by atoms with van der Waals surface area (Å²) in [4.78, 5) is 2.48. The van der Waals surface area contributed by atoms with Crippen molar-refractivity contribution in [1.29, 1.82) is 0 Å². The average molecular weight is 270 g/mol. The molecule has 0 spiro atoms. The molecule has 0 radical (unpaired) electrons. The summed E-state index contributed by atoms with van der Waals surface area (Å²) in [6, 6.07) is 0.628. The number of nitrogens with two attached hydrogens (primary N) is 1. The van der Waals surface area contributed by atoms with Gasteiger partial charge in [-0.05, 0) is 57.0 Å². The Morgan fingerprint density at radius 1 is 1.26 bits per heavy atom. The van der Waals surface area contributed by atoms with Gasteiger partial charge in [-0.1, -0.05) is 20.8 Å². The van der Waals surface area contributed by atoms with Crippen LogP contribution in [0.2, 0.25) is 0 Å². The Labute approximate surface area is 119 Å². The van der Waals surface area contributed by atoms with Crippen molar-refractivity contribution < 1.29 is 4.74 Å². The van der Waals surface area contributed by atoms with Gasteiger partial charge in [0, 0.05) is 19.2 Å². The Kier molecular flexibility index (Phi) is 6.78. The van der Waals surface area contributed by atoms with E-state index in [1.165, 1.54) is 19.3 Å². The van der Waals surface area contributed by atoms with E-state index in [1.807, 2.05) is 0 Å². The predicted molar refractivity (Wildman–Crippen MR) is 82.3 cm³/mol. The fourth-order valence-electron chi connectivity index (χ4n) is 3.33. The summed E-state index contributed by atoms with van der Waals surface area (Å²) in [6.07, 6.45) is 3.90. The Hall–Kier alpha value is -0.120. The van der Waals surface area contributed by atoms with Crippen LogP contribution in [-0.2, 0) is 4.74 Å². The second-order valence-corrected chi connectivity index (χ2v) is 7.12. The molecule has 0 aliphatic heterocycles. The molecule has 3 nitrogen and oxygen atoms in total. The van der Waals surface area contributed by atoms with Crippen LogP contribution >= 0.6 is 0 Å². The fourth-order valence-corrected chi connectivity index (χ4v) is 3.33. The summed E-state index contributed by atoms with van der Waals surface area (Å²) in [5.74, 6) is 1.47. The molecule has 0 bridgehead atoms. The fraction of sp³-hybridized carbons (Fsp3) is 1.00. The SMILES string of the molecule is CCOCCN(C)C1CC(C(C)(C)C)CCC1CN. The first-order valence-electron chi connectivity index (χ1n) is 7.88. The lowest BCUT2D eigenvalue weighted by Gasteiger charge is -2.45. The van der Waals surface area contributed by atoms with Crippen molar-refractivity contribution in [3.63, 3.8) is 0 Å². The Morgan fingerprint density at radius 3 is 2.47 bits per heavy atom. The minimum atomic E-state index is 0.415. The van der Waals surface area contributed by atoms with Gasteiger partial charge >= 0.3 is 0 Å². The van der Waals surface area contributed by atoms with E-state index >= 15 is 0 Å². The zero-order chi connectivity index (χ0) is 14.5. The summed E-state index contributed by atoms with van der Waals surface area (Å²) in [5, 5.41) is 0.